The van der Waals surface area contributed by atoms with E-state index in [4.69, 9.17) is 10.2 Å². The van der Waals surface area contributed by atoms with Gasteiger partial charge < -0.3 is 9.80 Å². The number of Topliss-reactive ketones (excluding diaryl/α,β-unsaturated/α-hetero) is 2. The molecule has 0 aliphatic carbocycles. The van der Waals surface area contributed by atoms with E-state index in [2.05, 4.69) is 114 Å². The Bertz CT molecular complexity index is 3020. The molecule has 8 heteroatoms. The fourth-order valence-electron chi connectivity index (χ4n) is 8.44. The second kappa shape index (κ2) is 20.2. The van der Waals surface area contributed by atoms with Crippen molar-refractivity contribution in [3.8, 4) is 27.9 Å². The molecule has 0 atom stereocenters. The number of hydrogen-bond donors (Lipinski definition) is 0. The van der Waals surface area contributed by atoms with Gasteiger partial charge in [0.1, 0.15) is 11.0 Å². The van der Waals surface area contributed by atoms with Gasteiger partial charge in [-0.2, -0.15) is 4.80 Å². The first-order valence-corrected chi connectivity index (χ1v) is 23.0. The summed E-state index contributed by atoms with van der Waals surface area (Å²) in [6, 6.07) is 61.6. The first kappa shape index (κ1) is 43.3. The molecule has 326 valence electrons. The third kappa shape index (κ3) is 9.45. The molecule has 0 amide bonds. The lowest BCUT2D eigenvalue weighted by Gasteiger charge is -2.26. The Hall–Kier alpha value is -7.97. The van der Waals surface area contributed by atoms with Crippen LogP contribution in [0.5, 0.6) is 0 Å². The van der Waals surface area contributed by atoms with E-state index in [1.54, 1.807) is 17.2 Å². The van der Waals surface area contributed by atoms with Crippen molar-refractivity contribution < 1.29 is 9.59 Å². The lowest BCUT2D eigenvalue weighted by molar-refractivity contribution is 0.0971. The number of aromatic nitrogens is 4. The molecule has 8 nitrogen and oxygen atoms in total. The SMILES string of the molecule is CCCCCC(=O)c1ccc(N(c2ccccc2)c2ccc(-c3ccc(-c4ccc(N(c5ccccc5)c5ccc(C(=O)CCCC)cc5)cc4)c4nn(-c5ccncc5)nc34)cc2)cc1. The summed E-state index contributed by atoms with van der Waals surface area (Å²) < 4.78 is 0. The minimum absolute atomic E-state index is 0.175. The van der Waals surface area contributed by atoms with Crippen molar-refractivity contribution in [2.45, 2.75) is 58.8 Å². The lowest BCUT2D eigenvalue weighted by Crippen LogP contribution is -2.10. The molecule has 7 aromatic carbocycles. The van der Waals surface area contributed by atoms with Crippen molar-refractivity contribution in [2.24, 2.45) is 0 Å². The average Bonchev–Trinajstić information content (AvgIpc) is 3.83. The van der Waals surface area contributed by atoms with E-state index in [9.17, 15) is 9.59 Å². The zero-order valence-electron chi connectivity index (χ0n) is 37.4. The number of carbonyl (C=O) groups excluding carboxylic acids is 2. The largest absolute Gasteiger partial charge is 0.311 e. The number of pyridine rings is 1. The first-order valence-electron chi connectivity index (χ1n) is 23.0. The van der Waals surface area contributed by atoms with E-state index in [-0.39, 0.29) is 11.6 Å². The maximum atomic E-state index is 12.9. The van der Waals surface area contributed by atoms with Gasteiger partial charge in [-0.3, -0.25) is 14.6 Å². The van der Waals surface area contributed by atoms with Crippen LogP contribution in [-0.2, 0) is 0 Å². The number of ketones is 2. The van der Waals surface area contributed by atoms with Crippen molar-refractivity contribution in [3.05, 3.63) is 206 Å². The van der Waals surface area contributed by atoms with Gasteiger partial charge in [0.2, 0.25) is 0 Å². The highest BCUT2D eigenvalue weighted by atomic mass is 16.1. The number of hydrogen-bond acceptors (Lipinski definition) is 7. The Morgan fingerprint density at radius 2 is 0.803 bits per heavy atom. The molecule has 0 spiro atoms. The smallest absolute Gasteiger partial charge is 0.162 e. The molecule has 0 aliphatic rings. The summed E-state index contributed by atoms with van der Waals surface area (Å²) in [6.45, 7) is 4.26. The Morgan fingerprint density at radius 3 is 1.21 bits per heavy atom. The van der Waals surface area contributed by atoms with Crippen LogP contribution in [0.15, 0.2) is 194 Å². The van der Waals surface area contributed by atoms with Crippen LogP contribution in [0, 0.1) is 0 Å². The highest BCUT2D eigenvalue weighted by molar-refractivity contribution is 6.01. The minimum Gasteiger partial charge on any atom is -0.311 e. The molecule has 2 heterocycles. The number of carbonyl (C=O) groups is 2. The van der Waals surface area contributed by atoms with Gasteiger partial charge in [-0.1, -0.05) is 106 Å². The predicted octanol–water partition coefficient (Wildman–Crippen LogP) is 15.2. The van der Waals surface area contributed by atoms with Crippen LogP contribution in [0.3, 0.4) is 0 Å². The van der Waals surface area contributed by atoms with Crippen molar-refractivity contribution in [3.63, 3.8) is 0 Å². The number of rotatable bonds is 18. The number of nitrogens with zero attached hydrogens (tertiary/aromatic N) is 6. The van der Waals surface area contributed by atoms with Crippen LogP contribution in [0.1, 0.15) is 79.5 Å². The normalized spacial score (nSPS) is 11.1. The maximum absolute atomic E-state index is 12.9. The summed E-state index contributed by atoms with van der Waals surface area (Å²) in [7, 11) is 0. The van der Waals surface area contributed by atoms with Gasteiger partial charge in [0.25, 0.3) is 0 Å². The van der Waals surface area contributed by atoms with E-state index >= 15 is 0 Å². The molecule has 9 aromatic rings. The van der Waals surface area contributed by atoms with Crippen LogP contribution < -0.4 is 9.80 Å². The van der Waals surface area contributed by atoms with E-state index < -0.39 is 0 Å². The highest BCUT2D eigenvalue weighted by Gasteiger charge is 2.20. The summed E-state index contributed by atoms with van der Waals surface area (Å²) in [5, 5.41) is 10.2. The van der Waals surface area contributed by atoms with Gasteiger partial charge >= 0.3 is 0 Å². The van der Waals surface area contributed by atoms with Crippen molar-refractivity contribution in [1.82, 2.24) is 20.0 Å². The molecule has 0 saturated carbocycles. The number of anilines is 6. The number of benzene rings is 7. The quantitative estimate of drug-likeness (QED) is 0.0627. The second-order valence-corrected chi connectivity index (χ2v) is 16.5. The van der Waals surface area contributed by atoms with Crippen LogP contribution in [0.4, 0.5) is 34.1 Å². The Morgan fingerprint density at radius 1 is 0.424 bits per heavy atom. The monoisotopic (exact) mass is 864 g/mol. The first-order chi connectivity index (χ1) is 32.5. The molecule has 0 fully saturated rings. The minimum atomic E-state index is 0.175. The highest BCUT2D eigenvalue weighted by Crippen LogP contribution is 2.40. The van der Waals surface area contributed by atoms with Gasteiger partial charge in [0.05, 0.1) is 5.69 Å². The Kier molecular flexibility index (Phi) is 13.3. The Labute approximate surface area is 386 Å². The van der Waals surface area contributed by atoms with E-state index in [1.807, 2.05) is 97.1 Å². The van der Waals surface area contributed by atoms with E-state index in [0.717, 1.165) is 116 Å². The summed E-state index contributed by atoms with van der Waals surface area (Å²) >= 11 is 0. The average molecular weight is 865 g/mol. The molecule has 66 heavy (non-hydrogen) atoms. The maximum Gasteiger partial charge on any atom is 0.162 e. The fourth-order valence-corrected chi connectivity index (χ4v) is 8.44. The van der Waals surface area contributed by atoms with Crippen LogP contribution in [0.25, 0.3) is 39.0 Å². The topological polar surface area (TPSA) is 84.2 Å². The van der Waals surface area contributed by atoms with Crippen LogP contribution in [0.2, 0.25) is 0 Å². The molecule has 0 N–H and O–H groups in total. The number of fused-ring (bicyclic) bond motifs is 1. The molecule has 0 saturated heterocycles. The molecular weight excluding hydrogens is 813 g/mol. The molecule has 2 aromatic heterocycles. The predicted molar refractivity (Wildman–Crippen MR) is 269 cm³/mol. The fraction of sp³-hybridized carbons (Fsp3) is 0.155. The van der Waals surface area contributed by atoms with Gasteiger partial charge in [-0.05, 0) is 133 Å². The third-order valence-electron chi connectivity index (χ3n) is 12.0. The van der Waals surface area contributed by atoms with Crippen LogP contribution >= 0.6 is 0 Å². The molecular formula is C58H52N6O2. The number of unbranched alkanes of at least 4 members (excludes halogenated alkanes) is 3. The molecule has 0 aliphatic heterocycles. The third-order valence-corrected chi connectivity index (χ3v) is 12.0. The molecule has 0 unspecified atom stereocenters. The van der Waals surface area contributed by atoms with Crippen molar-refractivity contribution in [2.75, 3.05) is 9.80 Å². The summed E-state index contributed by atoms with van der Waals surface area (Å²) in [5.74, 6) is 0.361. The standard InChI is InChI=1S/C58H52N6O2/c1-3-5-9-19-56(66)45-26-34-51(35-27-45)63(47-16-12-8-13-17-47)49-30-22-43(23-31-49)54-37-36-53(57-58(54)61-64(60-57)52-38-40-59-41-39-52)42-20-28-48(29-21-42)62(46-14-10-7-11-15-46)50-32-24-44(25-33-50)55(65)18-6-4-2/h7-8,10-17,20-41H,3-6,9,18-19H2,1-2H3. The van der Waals surface area contributed by atoms with Gasteiger partial charge in [-0.15, -0.1) is 10.2 Å². The lowest BCUT2D eigenvalue weighted by atomic mass is 9.97. The number of para-hydroxylation sites is 2. The summed E-state index contributed by atoms with van der Waals surface area (Å²) in [6.07, 6.45) is 9.57. The Balaban J connectivity index is 1.06. The van der Waals surface area contributed by atoms with E-state index in [0.29, 0.717) is 12.8 Å². The van der Waals surface area contributed by atoms with Gasteiger partial charge in [0, 0.05) is 81.6 Å². The van der Waals surface area contributed by atoms with Gasteiger partial charge in [0.15, 0.2) is 11.6 Å². The second-order valence-electron chi connectivity index (χ2n) is 16.5. The van der Waals surface area contributed by atoms with Crippen molar-refractivity contribution in [1.29, 1.82) is 0 Å². The van der Waals surface area contributed by atoms with Crippen molar-refractivity contribution >= 4 is 56.7 Å². The zero-order valence-corrected chi connectivity index (χ0v) is 37.4. The summed E-state index contributed by atoms with van der Waals surface area (Å²) in [5.41, 5.74) is 13.7. The molecule has 0 radical (unpaired) electrons. The molecule has 0 bridgehead atoms. The van der Waals surface area contributed by atoms with Gasteiger partial charge in [-0.25, -0.2) is 0 Å². The van der Waals surface area contributed by atoms with Crippen LogP contribution in [-0.4, -0.2) is 31.5 Å². The summed E-state index contributed by atoms with van der Waals surface area (Å²) in [4.78, 5) is 36.1. The zero-order chi connectivity index (χ0) is 45.2. The molecule has 9 rings (SSSR count). The van der Waals surface area contributed by atoms with E-state index in [1.165, 1.54) is 0 Å².